The Labute approximate surface area is 787 Å². The molecule has 47 nitrogen and oxygen atoms in total. The van der Waals surface area contributed by atoms with Gasteiger partial charge >= 0.3 is 18.1 Å². The molecule has 2 aliphatic heterocycles. The molecular formula is C86H145F3N22O25. The van der Waals surface area contributed by atoms with Gasteiger partial charge in [-0.2, -0.15) is 13.2 Å². The minimum absolute atomic E-state index is 0.00180. The number of carbonyl (C=O) groups is 18. The molecule has 770 valence electrons. The fourth-order valence-electron chi connectivity index (χ4n) is 14.6. The SMILES string of the molecule is CC(C)C[C@H](NC(=O)[C@@H](NC(=O)[C@@H]1CCCN1C(=O)[C@@H](NC(=O)[C@H](CO)NC(=O)[C@@H](NC(=O)[C@H](CCC(N)=O)NC(=O)[C@@H]1CCCN1C(=O)[C@@H](NC(=O)[C@H](CCCCN)NC(=O)[C@H](CCCCN)NC(=O)[C@@H](NC(=O)[C@H](Cc1ccc(O)cc1)NC(=O)[C@H](CCCN=C(N)N)NC(=O)[C@@H](NC(=O)[C@@H](N)CC(C)C)C(C)C)[C@@H](C)O)C(C)C)C(C)C)[C@@H](C)O)[C@@H](C)O)C(=O)O.O=C(O)C(F)(F)F. The summed E-state index contributed by atoms with van der Waals surface area (Å²) in [7, 11) is 0. The summed E-state index contributed by atoms with van der Waals surface area (Å²) in [4.78, 5) is 254. The van der Waals surface area contributed by atoms with Gasteiger partial charge in [-0.15, -0.1) is 0 Å². The van der Waals surface area contributed by atoms with E-state index in [0.29, 0.717) is 24.8 Å². The van der Waals surface area contributed by atoms with Crippen molar-refractivity contribution in [2.75, 3.05) is 39.3 Å². The highest BCUT2D eigenvalue weighted by atomic mass is 19.4. The Morgan fingerprint density at radius 1 is 0.426 bits per heavy atom. The Bertz CT molecular complexity index is 4180. The van der Waals surface area contributed by atoms with Gasteiger partial charge in [0.05, 0.1) is 31.0 Å². The minimum Gasteiger partial charge on any atom is -0.508 e. The summed E-state index contributed by atoms with van der Waals surface area (Å²) < 4.78 is 31.7. The van der Waals surface area contributed by atoms with E-state index in [0.717, 1.165) is 11.8 Å². The number of guanidine groups is 1. The van der Waals surface area contributed by atoms with Gasteiger partial charge in [-0.3, -0.25) is 81.7 Å². The van der Waals surface area contributed by atoms with Gasteiger partial charge < -0.3 is 149 Å². The monoisotopic (exact) mass is 1940 g/mol. The van der Waals surface area contributed by atoms with E-state index in [1.807, 2.05) is 13.8 Å². The van der Waals surface area contributed by atoms with E-state index < -0.39 is 265 Å². The number of phenolic OH excluding ortho intramolecular Hbond substituents is 1. The topological polar surface area (TPSA) is 780 Å². The Morgan fingerprint density at radius 3 is 1.18 bits per heavy atom. The Morgan fingerprint density at radius 2 is 0.772 bits per heavy atom. The van der Waals surface area contributed by atoms with Crippen LogP contribution in [0.25, 0.3) is 0 Å². The second-order valence-corrected chi connectivity index (χ2v) is 35.8. The number of carboxylic acids is 2. The van der Waals surface area contributed by atoms with Crippen LogP contribution in [0.15, 0.2) is 29.3 Å². The van der Waals surface area contributed by atoms with E-state index in [2.05, 4.69) is 74.1 Å². The molecule has 0 saturated carbocycles. The zero-order valence-corrected chi connectivity index (χ0v) is 79.3. The maximum absolute atomic E-state index is 14.9. The highest BCUT2D eigenvalue weighted by molar-refractivity contribution is 6.02. The number of unbranched alkanes of at least 4 members (excludes halogenated alkanes) is 2. The number of likely N-dealkylation sites (tertiary alicyclic amines) is 2. The van der Waals surface area contributed by atoms with E-state index in [9.17, 15) is 125 Å². The highest BCUT2D eigenvalue weighted by Gasteiger charge is 2.46. The average molecular weight is 1940 g/mol. The normalized spacial score (nSPS) is 17.5. The number of primary amides is 1. The first kappa shape index (κ1) is 120. The molecule has 0 spiro atoms. The number of aliphatic imine (C=N–C) groups is 1. The van der Waals surface area contributed by atoms with E-state index in [1.54, 1.807) is 41.5 Å². The summed E-state index contributed by atoms with van der Waals surface area (Å²) in [5, 5.41) is 103. The van der Waals surface area contributed by atoms with Gasteiger partial charge in [0.2, 0.25) is 94.5 Å². The van der Waals surface area contributed by atoms with Crippen LogP contribution in [0.2, 0.25) is 0 Å². The molecule has 0 unspecified atom stereocenters. The van der Waals surface area contributed by atoms with Crippen molar-refractivity contribution in [3.8, 4) is 5.75 Å². The maximum atomic E-state index is 14.9. The quantitative estimate of drug-likeness (QED) is 0.0164. The van der Waals surface area contributed by atoms with E-state index >= 15 is 0 Å². The third kappa shape index (κ3) is 41.4. The van der Waals surface area contributed by atoms with Gasteiger partial charge in [-0.25, -0.2) is 9.59 Å². The molecule has 2 aliphatic rings. The van der Waals surface area contributed by atoms with Crippen LogP contribution in [0.3, 0.4) is 0 Å². The first-order valence-electron chi connectivity index (χ1n) is 45.5. The van der Waals surface area contributed by atoms with Crippen molar-refractivity contribution in [2.45, 2.75) is 320 Å². The third-order valence-electron chi connectivity index (χ3n) is 22.1. The molecule has 16 amide bonds. The molecule has 50 heteroatoms. The summed E-state index contributed by atoms with van der Waals surface area (Å²) in [6.45, 7) is 19.2. The summed E-state index contributed by atoms with van der Waals surface area (Å²) in [6, 6.07) is -18.6. The molecule has 2 saturated heterocycles. The summed E-state index contributed by atoms with van der Waals surface area (Å²) in [5.41, 5.74) is 34.9. The van der Waals surface area contributed by atoms with E-state index in [4.69, 9.17) is 44.3 Å². The van der Waals surface area contributed by atoms with Gasteiger partial charge in [-0.05, 0) is 177 Å². The van der Waals surface area contributed by atoms with Gasteiger partial charge in [0, 0.05) is 32.5 Å². The van der Waals surface area contributed by atoms with Gasteiger partial charge in [0.15, 0.2) is 5.96 Å². The van der Waals surface area contributed by atoms with Crippen LogP contribution in [-0.2, 0) is 92.7 Å². The van der Waals surface area contributed by atoms with Crippen molar-refractivity contribution in [1.82, 2.24) is 78.9 Å². The largest absolute Gasteiger partial charge is 0.508 e. The molecule has 136 heavy (non-hydrogen) atoms. The number of nitrogens with two attached hydrogens (primary N) is 6. The minimum atomic E-state index is -5.08. The van der Waals surface area contributed by atoms with Crippen LogP contribution in [0.4, 0.5) is 13.2 Å². The van der Waals surface area contributed by atoms with Gasteiger partial charge in [0.1, 0.15) is 96.4 Å². The second kappa shape index (κ2) is 59.3. The van der Waals surface area contributed by atoms with Crippen molar-refractivity contribution in [1.29, 1.82) is 0 Å². The first-order valence-corrected chi connectivity index (χ1v) is 45.5. The van der Waals surface area contributed by atoms with Crippen molar-refractivity contribution in [3.63, 3.8) is 0 Å². The molecule has 3 rings (SSSR count). The average Bonchev–Trinajstić information content (AvgIpc) is 1.67. The zero-order chi connectivity index (χ0) is 104. The second-order valence-electron chi connectivity index (χ2n) is 35.8. The number of carbonyl (C=O) groups excluding carboxylic acids is 16. The van der Waals surface area contributed by atoms with Crippen LogP contribution in [0, 0.1) is 29.6 Å². The van der Waals surface area contributed by atoms with Crippen molar-refractivity contribution in [3.05, 3.63) is 29.8 Å². The number of aliphatic carboxylic acids is 2. The lowest BCUT2D eigenvalue weighted by molar-refractivity contribution is -0.192. The number of alkyl halides is 3. The third-order valence-corrected chi connectivity index (χ3v) is 22.1. The predicted molar refractivity (Wildman–Crippen MR) is 485 cm³/mol. The number of amides is 16. The van der Waals surface area contributed by atoms with Gasteiger partial charge in [0.25, 0.3) is 0 Å². The Kier molecular flexibility index (Phi) is 52.5. The molecule has 1 aromatic carbocycles. The number of nitrogens with one attached hydrogen (secondary N) is 13. The number of hydrogen-bond donors (Lipinski definition) is 26. The summed E-state index contributed by atoms with van der Waals surface area (Å²) in [6.07, 6.45) is -9.67. The zero-order valence-electron chi connectivity index (χ0n) is 79.3. The lowest BCUT2D eigenvalue weighted by Gasteiger charge is -2.33. The fourth-order valence-corrected chi connectivity index (χ4v) is 14.6. The Hall–Kier alpha value is -11.7. The van der Waals surface area contributed by atoms with E-state index in [-0.39, 0.29) is 133 Å². The summed E-state index contributed by atoms with van der Waals surface area (Å²) >= 11 is 0. The van der Waals surface area contributed by atoms with Crippen LogP contribution in [0.5, 0.6) is 5.75 Å². The number of aromatic hydroxyl groups is 1. The lowest BCUT2D eigenvalue weighted by Crippen LogP contribution is -2.63. The molecule has 32 N–H and O–H groups in total. The first-order chi connectivity index (χ1) is 63.4. The number of carboxylic acid groups (broad SMARTS) is 2. The molecule has 2 fully saturated rings. The van der Waals surface area contributed by atoms with Crippen molar-refractivity contribution in [2.24, 2.45) is 69.0 Å². The Balaban J connectivity index is 0.00000857. The van der Waals surface area contributed by atoms with Crippen LogP contribution >= 0.6 is 0 Å². The van der Waals surface area contributed by atoms with Crippen LogP contribution in [0.1, 0.15) is 198 Å². The predicted octanol–water partition coefficient (Wildman–Crippen LogP) is -5.96. The number of aliphatic hydroxyl groups excluding tert-OH is 4. The smallest absolute Gasteiger partial charge is 0.490 e. The molecular weight excluding hydrogens is 1800 g/mol. The molecule has 1 aromatic rings. The number of nitrogens with zero attached hydrogens (tertiary/aromatic N) is 3. The number of benzene rings is 1. The standard InChI is InChI=1S/C84H144N22O23.C2HF3O2/c1-41(2)37-51(87)68(113)99-62(43(5)6)77(122)94-54(23-18-34-91-84(89)90)70(115)96-56(39-49-26-28-50(111)29-27-49)73(118)102-65(46(11)108)79(124)95-52(21-14-16-32-85)69(114)92-53(22-15-17-33-86)71(116)101-64(45(9)10)81(126)105-35-19-24-59(105)75(120)93-55(30-31-61(88)112)72(117)100-63(44(7)8)78(123)98-58(40-107)74(119)104-67(48(13)110)82(127)106-36-20-25-60(106)76(121)103-66(47(12)109)80(125)97-57(83(128)129)38-42(3)4;3-2(4,5)1(6)7/h26-29,41-48,51-60,62-67,107-111H,14-25,30-40,85-87H2,1-13H3,(H2,88,112)(H,92,114)(H,93,120)(H,94,122)(H,95,124)(H,96,115)(H,97,125)(H,98,123)(H,99,113)(H,100,117)(H,101,116)(H,102,118)(H,103,121)(H,104,119)(H,128,129)(H4,89,90,91);(H,6,7)/t46-,47-,48-,51+,52+,53+,54+,55+,56+,57+,58+,59+,60+,62+,63+,64+,65+,66+,67+;/m1./s1. The van der Waals surface area contributed by atoms with E-state index in [1.165, 1.54) is 56.9 Å². The van der Waals surface area contributed by atoms with Crippen LogP contribution < -0.4 is 104 Å². The van der Waals surface area contributed by atoms with Crippen molar-refractivity contribution >= 4 is 112 Å². The van der Waals surface area contributed by atoms with Crippen molar-refractivity contribution < 1.29 is 135 Å². The number of phenols is 1. The molecule has 2 heterocycles. The van der Waals surface area contributed by atoms with Gasteiger partial charge in [-0.1, -0.05) is 81.4 Å². The molecule has 0 aliphatic carbocycles. The highest BCUT2D eigenvalue weighted by Crippen LogP contribution is 2.25. The number of rotatable bonds is 57. The number of halogens is 3. The fraction of sp³-hybridized carbons (Fsp3) is 0.709. The lowest BCUT2D eigenvalue weighted by atomic mass is 9.99. The number of hydrogen-bond acceptors (Lipinski definition) is 27. The van der Waals surface area contributed by atoms with Crippen LogP contribution in [-0.4, -0.2) is 318 Å². The molecule has 0 bridgehead atoms. The maximum Gasteiger partial charge on any atom is 0.490 e. The molecule has 0 radical (unpaired) electrons. The molecule has 0 aromatic heterocycles. The molecule has 19 atom stereocenters. The number of aliphatic hydroxyl groups is 4. The summed E-state index contributed by atoms with van der Waals surface area (Å²) in [5.74, 6) is -22.0.